The van der Waals surface area contributed by atoms with Crippen molar-refractivity contribution in [3.63, 3.8) is 0 Å². The van der Waals surface area contributed by atoms with Crippen LogP contribution >= 0.6 is 0 Å². The molecule has 0 atom stereocenters. The summed E-state index contributed by atoms with van der Waals surface area (Å²) in [6, 6.07) is 3.03. The van der Waals surface area contributed by atoms with Gasteiger partial charge >= 0.3 is 6.18 Å². The molecule has 0 aliphatic rings. The van der Waals surface area contributed by atoms with Crippen molar-refractivity contribution in [2.45, 2.75) is 13.1 Å². The van der Waals surface area contributed by atoms with E-state index < -0.39 is 35.3 Å². The molecule has 0 saturated heterocycles. The molecule has 0 unspecified atom stereocenters. The average molecular weight is 302 g/mol. The lowest BCUT2D eigenvalue weighted by Crippen LogP contribution is -2.26. The highest BCUT2D eigenvalue weighted by molar-refractivity contribution is 5.94. The van der Waals surface area contributed by atoms with Crippen molar-refractivity contribution >= 4 is 29.2 Å². The van der Waals surface area contributed by atoms with Crippen molar-refractivity contribution in [2.75, 3.05) is 5.32 Å². The maximum absolute atomic E-state index is 13.0. The molecule has 1 aromatic rings. The Bertz CT molecular complexity index is 604. The van der Waals surface area contributed by atoms with Crippen LogP contribution in [0.5, 0.6) is 0 Å². The van der Waals surface area contributed by atoms with Crippen molar-refractivity contribution in [3.8, 4) is 0 Å². The number of carbonyl (C=O) groups excluding carboxylic acids is 1. The van der Waals surface area contributed by atoms with Crippen LogP contribution in [-0.2, 0) is 11.0 Å². The molecule has 1 aromatic carbocycles. The minimum absolute atomic E-state index is 0.0193. The van der Waals surface area contributed by atoms with E-state index in [1.807, 2.05) is 0 Å². The third kappa shape index (κ3) is 5.01. The van der Waals surface area contributed by atoms with Gasteiger partial charge in [0.2, 0.25) is 11.9 Å². The van der Waals surface area contributed by atoms with Gasteiger partial charge in [0, 0.05) is 12.6 Å². The molecule has 0 radical (unpaired) electrons. The van der Waals surface area contributed by atoms with E-state index in [-0.39, 0.29) is 5.69 Å². The van der Waals surface area contributed by atoms with Crippen LogP contribution in [0.4, 0.5) is 24.5 Å². The zero-order valence-corrected chi connectivity index (χ0v) is 10.9. The molecule has 0 fully saturated rings. The van der Waals surface area contributed by atoms with Crippen molar-refractivity contribution < 1.29 is 18.0 Å². The fourth-order valence-corrected chi connectivity index (χ4v) is 1.42. The fraction of sp³-hybridized carbons (Fsp3) is 0.182. The number of amides is 1. The molecular formula is C11H13F3N6O. The van der Waals surface area contributed by atoms with E-state index >= 15 is 0 Å². The van der Waals surface area contributed by atoms with E-state index in [4.69, 9.17) is 17.2 Å². The normalized spacial score (nSPS) is 11.9. The number of nitrogens with one attached hydrogen (secondary N) is 1. The van der Waals surface area contributed by atoms with E-state index in [2.05, 4.69) is 15.3 Å². The second kappa shape index (κ2) is 6.11. The van der Waals surface area contributed by atoms with Gasteiger partial charge < -0.3 is 22.5 Å². The highest BCUT2D eigenvalue weighted by Crippen LogP contribution is 2.38. The number of carbonyl (C=O) groups is 1. The number of nitrogens with zero attached hydrogens (tertiary/aromatic N) is 2. The van der Waals surface area contributed by atoms with Crippen LogP contribution in [0.1, 0.15) is 12.5 Å². The standard InChI is InChI=1S/C11H13F3N6O/c1-5(21)18-6-2-3-8(7(4-6)11(12,13)14)19-10(17)20-9(15)16/h2-4H,1H3,(H,18,21)(H6,15,16,17,19,20). The predicted octanol–water partition coefficient (Wildman–Crippen LogP) is 0.883. The van der Waals surface area contributed by atoms with Crippen LogP contribution in [-0.4, -0.2) is 17.8 Å². The number of anilines is 1. The molecule has 7 nitrogen and oxygen atoms in total. The van der Waals surface area contributed by atoms with E-state index in [0.29, 0.717) is 0 Å². The summed E-state index contributed by atoms with van der Waals surface area (Å²) < 4.78 is 38.9. The number of halogens is 3. The summed E-state index contributed by atoms with van der Waals surface area (Å²) in [6.45, 7) is 1.18. The molecule has 0 aliphatic heterocycles. The predicted molar refractivity (Wildman–Crippen MR) is 72.8 cm³/mol. The van der Waals surface area contributed by atoms with Crippen LogP contribution in [0.2, 0.25) is 0 Å². The molecule has 0 spiro atoms. The monoisotopic (exact) mass is 302 g/mol. The van der Waals surface area contributed by atoms with E-state index in [9.17, 15) is 18.0 Å². The number of guanidine groups is 2. The van der Waals surface area contributed by atoms with Gasteiger partial charge in [0.25, 0.3) is 0 Å². The van der Waals surface area contributed by atoms with Crippen molar-refractivity contribution in [1.82, 2.24) is 0 Å². The number of aliphatic imine (C=N–C) groups is 2. The van der Waals surface area contributed by atoms with Crippen molar-refractivity contribution in [1.29, 1.82) is 0 Å². The van der Waals surface area contributed by atoms with Gasteiger partial charge in [-0.2, -0.15) is 18.2 Å². The van der Waals surface area contributed by atoms with Gasteiger partial charge in [-0.3, -0.25) is 4.79 Å². The first-order valence-corrected chi connectivity index (χ1v) is 5.52. The van der Waals surface area contributed by atoms with Crippen LogP contribution in [0.3, 0.4) is 0 Å². The Hall–Kier alpha value is -2.78. The molecule has 1 amide bonds. The Morgan fingerprint density at radius 2 is 1.86 bits per heavy atom. The minimum atomic E-state index is -4.69. The molecule has 0 aromatic heterocycles. The fourth-order valence-electron chi connectivity index (χ4n) is 1.42. The maximum Gasteiger partial charge on any atom is 0.418 e. The molecule has 7 N–H and O–H groups in total. The quantitative estimate of drug-likeness (QED) is 0.477. The molecule has 0 aliphatic carbocycles. The third-order valence-corrected chi connectivity index (χ3v) is 2.10. The number of hydrogen-bond donors (Lipinski definition) is 4. The molecule has 0 bridgehead atoms. The van der Waals surface area contributed by atoms with Gasteiger partial charge in [-0.25, -0.2) is 4.99 Å². The number of benzene rings is 1. The molecule has 114 valence electrons. The van der Waals surface area contributed by atoms with Gasteiger partial charge in [-0.05, 0) is 18.2 Å². The number of nitrogens with two attached hydrogens (primary N) is 3. The summed E-state index contributed by atoms with van der Waals surface area (Å²) in [5, 5.41) is 2.24. The first kappa shape index (κ1) is 16.3. The molecule has 0 heterocycles. The van der Waals surface area contributed by atoms with E-state index in [1.165, 1.54) is 13.0 Å². The van der Waals surface area contributed by atoms with E-state index in [0.717, 1.165) is 12.1 Å². The van der Waals surface area contributed by atoms with Gasteiger partial charge in [0.05, 0.1) is 11.3 Å². The van der Waals surface area contributed by atoms with Crippen LogP contribution in [0.15, 0.2) is 28.2 Å². The Morgan fingerprint density at radius 3 is 2.33 bits per heavy atom. The molecule has 0 saturated carbocycles. The summed E-state index contributed by atoms with van der Waals surface area (Å²) in [5.74, 6) is -1.45. The second-order valence-electron chi connectivity index (χ2n) is 3.92. The van der Waals surface area contributed by atoms with Gasteiger partial charge in [0.15, 0.2) is 5.96 Å². The Balaban J connectivity index is 3.32. The lowest BCUT2D eigenvalue weighted by molar-refractivity contribution is -0.137. The van der Waals surface area contributed by atoms with Gasteiger partial charge in [-0.1, -0.05) is 0 Å². The first-order chi connectivity index (χ1) is 9.59. The molecule has 10 heteroatoms. The summed E-state index contributed by atoms with van der Waals surface area (Å²) >= 11 is 0. The van der Waals surface area contributed by atoms with Crippen LogP contribution in [0, 0.1) is 0 Å². The molecular weight excluding hydrogens is 289 g/mol. The number of hydrogen-bond acceptors (Lipinski definition) is 2. The third-order valence-electron chi connectivity index (χ3n) is 2.10. The second-order valence-corrected chi connectivity index (χ2v) is 3.92. The summed E-state index contributed by atoms with van der Waals surface area (Å²) in [4.78, 5) is 17.7. The van der Waals surface area contributed by atoms with Crippen molar-refractivity contribution in [2.24, 2.45) is 27.2 Å². The van der Waals surface area contributed by atoms with Crippen LogP contribution in [0.25, 0.3) is 0 Å². The highest BCUT2D eigenvalue weighted by atomic mass is 19.4. The zero-order valence-electron chi connectivity index (χ0n) is 10.9. The number of alkyl halides is 3. The van der Waals surface area contributed by atoms with Crippen LogP contribution < -0.4 is 22.5 Å². The van der Waals surface area contributed by atoms with Crippen molar-refractivity contribution in [3.05, 3.63) is 23.8 Å². The minimum Gasteiger partial charge on any atom is -0.370 e. The lowest BCUT2D eigenvalue weighted by atomic mass is 10.1. The highest BCUT2D eigenvalue weighted by Gasteiger charge is 2.34. The number of rotatable bonds is 2. The summed E-state index contributed by atoms with van der Waals surface area (Å²) in [6.07, 6.45) is -4.69. The smallest absolute Gasteiger partial charge is 0.370 e. The van der Waals surface area contributed by atoms with Gasteiger partial charge in [-0.15, -0.1) is 0 Å². The molecule has 21 heavy (non-hydrogen) atoms. The van der Waals surface area contributed by atoms with E-state index in [1.54, 1.807) is 0 Å². The largest absolute Gasteiger partial charge is 0.418 e. The first-order valence-electron chi connectivity index (χ1n) is 5.52. The maximum atomic E-state index is 13.0. The Kier molecular flexibility index (Phi) is 4.74. The Labute approximate surface area is 117 Å². The average Bonchev–Trinajstić information content (AvgIpc) is 2.27. The zero-order chi connectivity index (χ0) is 16.2. The Morgan fingerprint density at radius 1 is 1.24 bits per heavy atom. The molecule has 1 rings (SSSR count). The topological polar surface area (TPSA) is 132 Å². The summed E-state index contributed by atoms with van der Waals surface area (Å²) in [7, 11) is 0. The lowest BCUT2D eigenvalue weighted by Gasteiger charge is -2.12. The SMILES string of the molecule is CC(=O)Nc1ccc(N=C(N)N=C(N)N)c(C(F)(F)F)c1. The summed E-state index contributed by atoms with van der Waals surface area (Å²) in [5.41, 5.74) is 13.8. The van der Waals surface area contributed by atoms with Gasteiger partial charge in [0.1, 0.15) is 0 Å².